The van der Waals surface area contributed by atoms with Gasteiger partial charge in [-0.15, -0.1) is 0 Å². The molecule has 5 rings (SSSR count). The number of carbonyl (C=O) groups is 3. The fraction of sp³-hybridized carbons (Fsp3) is 0.567. The third-order valence-corrected chi connectivity index (χ3v) is 7.92. The third kappa shape index (κ3) is 6.66. The number of benzene rings is 1. The Bertz CT molecular complexity index is 1280. The molecular weight excluding hydrogens is 527 g/mol. The van der Waals surface area contributed by atoms with E-state index in [2.05, 4.69) is 15.3 Å². The summed E-state index contributed by atoms with van der Waals surface area (Å²) in [6.45, 7) is 7.74. The maximum Gasteiger partial charge on any atom is 0.410 e. The number of likely N-dealkylation sites (tertiary alicyclic amines) is 2. The molecule has 220 valence electrons. The molecule has 1 atom stereocenters. The van der Waals surface area contributed by atoms with Gasteiger partial charge in [0, 0.05) is 62.3 Å². The van der Waals surface area contributed by atoms with Crippen molar-refractivity contribution in [1.82, 2.24) is 30.0 Å². The minimum atomic E-state index is -0.623. The number of nitrogens with one attached hydrogen (secondary N) is 1. The van der Waals surface area contributed by atoms with Crippen LogP contribution in [0.2, 0.25) is 0 Å². The summed E-state index contributed by atoms with van der Waals surface area (Å²) in [4.78, 5) is 52.8. The smallest absolute Gasteiger partial charge is 0.410 e. The van der Waals surface area contributed by atoms with Gasteiger partial charge in [-0.3, -0.25) is 9.59 Å². The maximum atomic E-state index is 15.0. The predicted octanol–water partition coefficient (Wildman–Crippen LogP) is 3.72. The van der Waals surface area contributed by atoms with E-state index in [0.29, 0.717) is 50.1 Å². The van der Waals surface area contributed by atoms with Gasteiger partial charge >= 0.3 is 6.09 Å². The van der Waals surface area contributed by atoms with Gasteiger partial charge in [0.25, 0.3) is 11.8 Å². The highest BCUT2D eigenvalue weighted by molar-refractivity contribution is 5.95. The van der Waals surface area contributed by atoms with Gasteiger partial charge in [0.1, 0.15) is 11.4 Å². The Morgan fingerprint density at radius 1 is 0.976 bits per heavy atom. The minimum Gasteiger partial charge on any atom is -0.444 e. The molecule has 11 heteroatoms. The first-order valence-electron chi connectivity index (χ1n) is 14.4. The van der Waals surface area contributed by atoms with Crippen molar-refractivity contribution >= 4 is 17.9 Å². The second kappa shape index (κ2) is 11.7. The second-order valence-electron chi connectivity index (χ2n) is 12.2. The maximum absolute atomic E-state index is 15.0. The average molecular weight is 567 g/mol. The van der Waals surface area contributed by atoms with Gasteiger partial charge in [-0.2, -0.15) is 0 Å². The van der Waals surface area contributed by atoms with Crippen LogP contribution in [0.5, 0.6) is 0 Å². The number of hydrogen-bond donors (Lipinski definition) is 1. The van der Waals surface area contributed by atoms with Gasteiger partial charge in [-0.25, -0.2) is 19.2 Å². The van der Waals surface area contributed by atoms with Gasteiger partial charge in [-0.05, 0) is 72.1 Å². The van der Waals surface area contributed by atoms with Crippen LogP contribution in [0, 0.1) is 5.82 Å². The zero-order chi connectivity index (χ0) is 29.3. The Labute approximate surface area is 240 Å². The molecule has 0 bridgehead atoms. The highest BCUT2D eigenvalue weighted by Crippen LogP contribution is 2.33. The molecule has 1 aromatic heterocycles. The Morgan fingerprint density at radius 3 is 2.17 bits per heavy atom. The van der Waals surface area contributed by atoms with E-state index in [1.807, 2.05) is 32.7 Å². The van der Waals surface area contributed by atoms with E-state index in [-0.39, 0.29) is 47.4 Å². The van der Waals surface area contributed by atoms with Crippen LogP contribution in [0.3, 0.4) is 0 Å². The topological polar surface area (TPSA) is 108 Å². The molecule has 1 aliphatic carbocycles. The zero-order valence-electron chi connectivity index (χ0n) is 24.2. The van der Waals surface area contributed by atoms with Crippen molar-refractivity contribution in [3.63, 3.8) is 0 Å². The lowest BCUT2D eigenvalue weighted by Crippen LogP contribution is -2.50. The van der Waals surface area contributed by atoms with Crippen LogP contribution in [-0.2, 0) is 4.74 Å². The Balaban J connectivity index is 1.23. The van der Waals surface area contributed by atoms with Crippen molar-refractivity contribution in [2.75, 3.05) is 33.2 Å². The lowest BCUT2D eigenvalue weighted by molar-refractivity contribution is 0.0142. The Hall–Kier alpha value is -3.60. The van der Waals surface area contributed by atoms with Crippen molar-refractivity contribution in [2.45, 2.75) is 76.6 Å². The molecule has 2 saturated heterocycles. The molecule has 3 fully saturated rings. The molecule has 0 spiro atoms. The van der Waals surface area contributed by atoms with Crippen molar-refractivity contribution in [3.05, 3.63) is 47.5 Å². The van der Waals surface area contributed by atoms with E-state index in [1.165, 1.54) is 24.5 Å². The van der Waals surface area contributed by atoms with E-state index < -0.39 is 11.4 Å². The zero-order valence-corrected chi connectivity index (χ0v) is 24.2. The van der Waals surface area contributed by atoms with Crippen molar-refractivity contribution in [3.8, 4) is 11.4 Å². The summed E-state index contributed by atoms with van der Waals surface area (Å²) in [5.74, 6) is -0.806. The summed E-state index contributed by atoms with van der Waals surface area (Å²) >= 11 is 0. The molecule has 0 radical (unpaired) electrons. The average Bonchev–Trinajstić information content (AvgIpc) is 3.66. The first-order valence-corrected chi connectivity index (χ1v) is 14.4. The van der Waals surface area contributed by atoms with Gasteiger partial charge < -0.3 is 24.8 Å². The van der Waals surface area contributed by atoms with Crippen LogP contribution in [0.4, 0.5) is 9.18 Å². The molecule has 2 aliphatic heterocycles. The van der Waals surface area contributed by atoms with Crippen LogP contribution in [0.15, 0.2) is 30.6 Å². The molecule has 3 amide bonds. The number of nitrogens with zero attached hydrogens (tertiary/aromatic N) is 5. The number of likely N-dealkylation sites (N-methyl/N-ethyl adjacent to an activating group) is 1. The standard InChI is InChI=1S/C30H39FN6O4/c1-30(2,3)41-29(40)35-13-10-23(11-14-35)37(22-6-7-22)27(38)20-16-33-26(34-17-20)19-5-8-24(25(31)15-19)28(39)36-12-9-21(18-36)32-4/h5,8,15-17,21-23,32H,6-7,9-14,18H2,1-4H3. The Morgan fingerprint density at radius 2 is 1.61 bits per heavy atom. The molecule has 1 N–H and O–H groups in total. The highest BCUT2D eigenvalue weighted by atomic mass is 19.1. The van der Waals surface area contributed by atoms with Crippen LogP contribution in [-0.4, -0.2) is 99.5 Å². The quantitative estimate of drug-likeness (QED) is 0.568. The van der Waals surface area contributed by atoms with Crippen molar-refractivity contribution in [2.24, 2.45) is 0 Å². The second-order valence-corrected chi connectivity index (χ2v) is 12.2. The lowest BCUT2D eigenvalue weighted by Gasteiger charge is -2.39. The molecule has 1 aromatic carbocycles. The van der Waals surface area contributed by atoms with Crippen LogP contribution >= 0.6 is 0 Å². The molecular formula is C30H39FN6O4. The number of rotatable bonds is 6. The molecule has 1 unspecified atom stereocenters. The van der Waals surface area contributed by atoms with Crippen molar-refractivity contribution < 1.29 is 23.5 Å². The number of hydrogen-bond acceptors (Lipinski definition) is 7. The summed E-state index contributed by atoms with van der Waals surface area (Å²) < 4.78 is 20.5. The Kier molecular flexibility index (Phi) is 8.26. The van der Waals surface area contributed by atoms with Gasteiger partial charge in [0.15, 0.2) is 5.82 Å². The van der Waals surface area contributed by atoms with E-state index in [0.717, 1.165) is 19.3 Å². The molecule has 41 heavy (non-hydrogen) atoms. The number of piperidine rings is 1. The summed E-state index contributed by atoms with van der Waals surface area (Å²) in [5, 5.41) is 3.16. The summed E-state index contributed by atoms with van der Waals surface area (Å²) in [6, 6.07) is 4.79. The van der Waals surface area contributed by atoms with E-state index in [9.17, 15) is 18.8 Å². The summed E-state index contributed by atoms with van der Waals surface area (Å²) in [7, 11) is 1.85. The molecule has 3 heterocycles. The lowest BCUT2D eigenvalue weighted by atomic mass is 10.0. The SMILES string of the molecule is CNC1CCN(C(=O)c2ccc(-c3ncc(C(=O)N(C4CC4)C4CCN(C(=O)OC(C)(C)C)CC4)cn3)cc2F)C1. The van der Waals surface area contributed by atoms with E-state index in [1.54, 1.807) is 15.9 Å². The van der Waals surface area contributed by atoms with Gasteiger partial charge in [-0.1, -0.05) is 6.07 Å². The molecule has 2 aromatic rings. The summed E-state index contributed by atoms with van der Waals surface area (Å²) in [6.07, 6.45) is 6.74. The fourth-order valence-electron chi connectivity index (χ4n) is 5.55. The van der Waals surface area contributed by atoms with Crippen LogP contribution in [0.1, 0.15) is 73.6 Å². The van der Waals surface area contributed by atoms with Crippen molar-refractivity contribution in [1.29, 1.82) is 0 Å². The van der Waals surface area contributed by atoms with E-state index >= 15 is 0 Å². The normalized spacial score (nSPS) is 19.8. The summed E-state index contributed by atoms with van der Waals surface area (Å²) in [5.41, 5.74) is 0.275. The fourth-order valence-corrected chi connectivity index (χ4v) is 5.55. The van der Waals surface area contributed by atoms with Gasteiger partial charge in [0.05, 0.1) is 11.1 Å². The van der Waals surface area contributed by atoms with Crippen LogP contribution in [0.25, 0.3) is 11.4 Å². The molecule has 3 aliphatic rings. The molecule has 1 saturated carbocycles. The predicted molar refractivity (Wildman–Crippen MR) is 151 cm³/mol. The first-order chi connectivity index (χ1) is 19.5. The number of ether oxygens (including phenoxy) is 1. The highest BCUT2D eigenvalue weighted by Gasteiger charge is 2.40. The largest absolute Gasteiger partial charge is 0.444 e. The van der Waals surface area contributed by atoms with Crippen LogP contribution < -0.4 is 5.32 Å². The van der Waals surface area contributed by atoms with Gasteiger partial charge in [0.2, 0.25) is 0 Å². The monoisotopic (exact) mass is 566 g/mol. The number of carbonyl (C=O) groups excluding carboxylic acids is 3. The molecule has 10 nitrogen and oxygen atoms in total. The number of halogens is 1. The number of amides is 3. The number of aromatic nitrogens is 2. The third-order valence-electron chi connectivity index (χ3n) is 7.92. The van der Waals surface area contributed by atoms with E-state index in [4.69, 9.17) is 4.74 Å². The minimum absolute atomic E-state index is 0.0199. The first kappa shape index (κ1) is 28.9.